The minimum absolute atomic E-state index is 0. The van der Waals surface area contributed by atoms with Crippen molar-refractivity contribution in [2.24, 2.45) is 5.73 Å². The van der Waals surface area contributed by atoms with Gasteiger partial charge >= 0.3 is 17.1 Å². The van der Waals surface area contributed by atoms with E-state index < -0.39 is 6.03 Å². The zero-order valence-electron chi connectivity index (χ0n) is 8.04. The summed E-state index contributed by atoms with van der Waals surface area (Å²) in [7, 11) is 0. The van der Waals surface area contributed by atoms with Crippen molar-refractivity contribution in [2.45, 2.75) is 0 Å². The average molecular weight is 244 g/mol. The summed E-state index contributed by atoms with van der Waals surface area (Å²) in [6.45, 7) is 0. The number of primary amides is 1. The van der Waals surface area contributed by atoms with E-state index in [1.807, 2.05) is 42.5 Å². The van der Waals surface area contributed by atoms with Gasteiger partial charge in [0.1, 0.15) is 0 Å². The smallest absolute Gasteiger partial charge is 0.390 e. The Kier molecular flexibility index (Phi) is 7.06. The molecule has 2 aromatic carbocycles. The van der Waals surface area contributed by atoms with Gasteiger partial charge in [-0.1, -0.05) is 0 Å². The summed E-state index contributed by atoms with van der Waals surface area (Å²) < 4.78 is 0. The molecule has 0 radical (unpaired) electrons. The molecule has 2 rings (SSSR count). The third-order valence-corrected chi connectivity index (χ3v) is 1.49. The fourth-order valence-electron chi connectivity index (χ4n) is 0.920. The zero-order valence-corrected chi connectivity index (χ0v) is 9.14. The number of amides is 2. The first kappa shape index (κ1) is 13.5. The number of carbonyl (C=O) groups excluding carboxylic acids is 1. The first-order valence-electron chi connectivity index (χ1n) is 4.24. The van der Waals surface area contributed by atoms with Crippen molar-refractivity contribution in [3.05, 3.63) is 54.6 Å². The molecule has 0 aliphatic carbocycles. The van der Waals surface area contributed by atoms with Crippen LogP contribution >= 0.6 is 0 Å². The molecule has 0 saturated heterocycles. The van der Waals surface area contributed by atoms with Gasteiger partial charge in [-0.15, -0.1) is 12.1 Å². The summed E-state index contributed by atoms with van der Waals surface area (Å²) >= 11 is 0. The molecule has 0 unspecified atom stereocenters. The number of hydrogen-bond donors (Lipinski definition) is 2. The molecule has 80 valence electrons. The van der Waals surface area contributed by atoms with Crippen molar-refractivity contribution in [3.8, 4) is 0 Å². The van der Waals surface area contributed by atoms with Crippen LogP contribution in [-0.2, 0) is 17.1 Å². The summed E-state index contributed by atoms with van der Waals surface area (Å²) in [6.07, 6.45) is 0. The molecular weight excluding hydrogens is 232 g/mol. The Morgan fingerprint density at radius 2 is 1.67 bits per heavy atom. The zero-order chi connectivity index (χ0) is 10.2. The van der Waals surface area contributed by atoms with Gasteiger partial charge in [-0.3, -0.25) is 0 Å². The quantitative estimate of drug-likeness (QED) is 0.586. The molecule has 3 N–H and O–H groups in total. The Morgan fingerprint density at radius 3 is 2.00 bits per heavy atom. The van der Waals surface area contributed by atoms with Crippen molar-refractivity contribution in [3.63, 3.8) is 0 Å². The van der Waals surface area contributed by atoms with Gasteiger partial charge in [-0.2, -0.15) is 30.3 Å². The predicted molar refractivity (Wildman–Crippen MR) is 57.3 cm³/mol. The maximum absolute atomic E-state index is 10.2. The fourth-order valence-corrected chi connectivity index (χ4v) is 0.920. The van der Waals surface area contributed by atoms with Gasteiger partial charge in [-0.25, -0.2) is 12.1 Å². The van der Waals surface area contributed by atoms with E-state index in [0.717, 1.165) is 5.69 Å². The molecule has 0 aliphatic rings. The van der Waals surface area contributed by atoms with Gasteiger partial charge in [0.25, 0.3) is 0 Å². The predicted octanol–water partition coefficient (Wildman–Crippen LogP) is 2.30. The fraction of sp³-hybridized carbons (Fsp3) is 0. The second-order valence-electron chi connectivity index (χ2n) is 2.63. The SMILES string of the molecule is NC(=O)N[c-]1cccc1.[Fe+2].c1cc[cH-]c1. The van der Waals surface area contributed by atoms with E-state index in [4.69, 9.17) is 5.73 Å². The Morgan fingerprint density at radius 1 is 1.13 bits per heavy atom. The first-order chi connectivity index (χ1) is 6.79. The van der Waals surface area contributed by atoms with E-state index in [1.54, 1.807) is 12.1 Å². The molecule has 2 amide bonds. The molecule has 0 aliphatic heterocycles. The van der Waals surface area contributed by atoms with Crippen LogP contribution in [0.5, 0.6) is 0 Å². The van der Waals surface area contributed by atoms with E-state index in [9.17, 15) is 4.79 Å². The number of anilines is 1. The number of nitrogens with two attached hydrogens (primary N) is 1. The van der Waals surface area contributed by atoms with Gasteiger partial charge in [0.05, 0.1) is 0 Å². The number of hydrogen-bond acceptors (Lipinski definition) is 1. The summed E-state index contributed by atoms with van der Waals surface area (Å²) in [5, 5.41) is 2.42. The van der Waals surface area contributed by atoms with Crippen LogP contribution in [0.15, 0.2) is 54.6 Å². The summed E-state index contributed by atoms with van der Waals surface area (Å²) in [5.41, 5.74) is 5.57. The van der Waals surface area contributed by atoms with Crippen LogP contribution in [-0.4, -0.2) is 6.03 Å². The number of rotatable bonds is 1. The Labute approximate surface area is 99.5 Å². The number of urea groups is 1. The molecule has 0 fully saturated rings. The molecule has 3 nitrogen and oxygen atoms in total. The molecule has 0 aromatic heterocycles. The maximum atomic E-state index is 10.2. The van der Waals surface area contributed by atoms with Crippen molar-refractivity contribution in [2.75, 3.05) is 5.32 Å². The van der Waals surface area contributed by atoms with E-state index in [0.29, 0.717) is 0 Å². The standard InChI is InChI=1S/C6H7N2O.C5H5.Fe/c7-6(9)8-5-3-1-2-4-5;1-2-4-5-3-1;/h1-4H,(H3,7,8,9);1-5H;/q2*-1;+2. The van der Waals surface area contributed by atoms with Gasteiger partial charge < -0.3 is 15.8 Å². The van der Waals surface area contributed by atoms with Crippen LogP contribution in [0, 0.1) is 0 Å². The number of carbonyl (C=O) groups is 1. The Bertz CT molecular complexity index is 323. The third-order valence-electron chi connectivity index (χ3n) is 1.49. The van der Waals surface area contributed by atoms with E-state index >= 15 is 0 Å². The molecule has 0 spiro atoms. The van der Waals surface area contributed by atoms with Gasteiger partial charge in [0.15, 0.2) is 0 Å². The van der Waals surface area contributed by atoms with Gasteiger partial charge in [0.2, 0.25) is 6.03 Å². The average Bonchev–Trinajstić information content (AvgIpc) is 2.75. The van der Waals surface area contributed by atoms with Gasteiger partial charge in [0, 0.05) is 0 Å². The van der Waals surface area contributed by atoms with E-state index in [2.05, 4.69) is 5.32 Å². The molecule has 0 saturated carbocycles. The summed E-state index contributed by atoms with van der Waals surface area (Å²) in [6, 6.07) is 16.7. The van der Waals surface area contributed by atoms with Crippen LogP contribution in [0.4, 0.5) is 10.5 Å². The molecule has 0 heterocycles. The normalized spacial score (nSPS) is 8.00. The summed E-state index contributed by atoms with van der Waals surface area (Å²) in [4.78, 5) is 10.2. The van der Waals surface area contributed by atoms with Crippen molar-refractivity contribution < 1.29 is 21.9 Å². The Hall–Kier alpha value is -1.51. The van der Waals surface area contributed by atoms with Crippen molar-refractivity contribution in [1.82, 2.24) is 0 Å². The summed E-state index contributed by atoms with van der Waals surface area (Å²) in [5.74, 6) is 0. The van der Waals surface area contributed by atoms with Crippen molar-refractivity contribution in [1.29, 1.82) is 0 Å². The largest absolute Gasteiger partial charge is 2.00 e. The van der Waals surface area contributed by atoms with Crippen LogP contribution in [0.2, 0.25) is 0 Å². The monoisotopic (exact) mass is 244 g/mol. The second kappa shape index (κ2) is 7.85. The topological polar surface area (TPSA) is 55.1 Å². The van der Waals surface area contributed by atoms with E-state index in [1.165, 1.54) is 0 Å². The Balaban J connectivity index is 0.000000280. The number of nitrogens with one attached hydrogen (secondary N) is 1. The first-order valence-corrected chi connectivity index (χ1v) is 4.24. The molecular formula is C11H12FeN2O. The third kappa shape index (κ3) is 6.55. The minimum atomic E-state index is -0.527. The van der Waals surface area contributed by atoms with E-state index in [-0.39, 0.29) is 17.1 Å². The maximum Gasteiger partial charge on any atom is 2.00 e. The van der Waals surface area contributed by atoms with Gasteiger partial charge in [-0.05, 0) is 5.69 Å². The van der Waals surface area contributed by atoms with Crippen molar-refractivity contribution >= 4 is 11.7 Å². The molecule has 4 heteroatoms. The van der Waals surface area contributed by atoms with Crippen LogP contribution in [0.25, 0.3) is 0 Å². The van der Waals surface area contributed by atoms with Crippen LogP contribution in [0.1, 0.15) is 0 Å². The molecule has 0 bridgehead atoms. The molecule has 2 aromatic rings. The minimum Gasteiger partial charge on any atom is -0.390 e. The molecule has 0 atom stereocenters. The van der Waals surface area contributed by atoms with Crippen LogP contribution in [0.3, 0.4) is 0 Å². The molecule has 15 heavy (non-hydrogen) atoms. The van der Waals surface area contributed by atoms with Crippen LogP contribution < -0.4 is 11.1 Å². The second-order valence-corrected chi connectivity index (χ2v) is 2.63.